The second-order valence-electron chi connectivity index (χ2n) is 4.79. The molecular formula is C15H16Br2N2O2. The molecular weight excluding hydrogens is 400 g/mol. The molecule has 6 heteroatoms. The van der Waals surface area contributed by atoms with E-state index in [0.29, 0.717) is 12.1 Å². The first-order valence-electron chi connectivity index (χ1n) is 6.42. The first kappa shape index (κ1) is 16.4. The molecule has 2 heterocycles. The molecule has 0 saturated carbocycles. The van der Waals surface area contributed by atoms with E-state index in [1.807, 2.05) is 19.9 Å². The predicted molar refractivity (Wildman–Crippen MR) is 88.6 cm³/mol. The lowest BCUT2D eigenvalue weighted by atomic mass is 10.0. The van der Waals surface area contributed by atoms with Crippen LogP contribution in [0.2, 0.25) is 0 Å². The van der Waals surface area contributed by atoms with E-state index in [1.165, 1.54) is 0 Å². The van der Waals surface area contributed by atoms with Crippen LogP contribution in [0, 0.1) is 13.8 Å². The van der Waals surface area contributed by atoms with Gasteiger partial charge >= 0.3 is 0 Å². The van der Waals surface area contributed by atoms with E-state index in [-0.39, 0.29) is 0 Å². The monoisotopic (exact) mass is 414 g/mol. The van der Waals surface area contributed by atoms with E-state index in [0.717, 1.165) is 31.5 Å². The Morgan fingerprint density at radius 3 is 2.57 bits per heavy atom. The highest BCUT2D eigenvalue weighted by Gasteiger charge is 2.18. The Morgan fingerprint density at radius 1 is 1.24 bits per heavy atom. The Bertz CT molecular complexity index is 662. The first-order chi connectivity index (χ1) is 9.93. The van der Waals surface area contributed by atoms with Crippen molar-refractivity contribution < 1.29 is 9.84 Å². The summed E-state index contributed by atoms with van der Waals surface area (Å²) in [6.07, 6.45) is 3.08. The van der Waals surface area contributed by atoms with E-state index in [1.54, 1.807) is 19.5 Å². The van der Waals surface area contributed by atoms with Crippen LogP contribution in [0.3, 0.4) is 0 Å². The van der Waals surface area contributed by atoms with Crippen molar-refractivity contribution >= 4 is 31.9 Å². The summed E-state index contributed by atoms with van der Waals surface area (Å²) in [6, 6.07) is 1.86. The second kappa shape index (κ2) is 6.85. The Hall–Kier alpha value is -0.980. The topological polar surface area (TPSA) is 55.2 Å². The number of rotatable bonds is 4. The predicted octanol–water partition coefficient (Wildman–Crippen LogP) is 3.90. The summed E-state index contributed by atoms with van der Waals surface area (Å²) in [7, 11) is 1.64. The number of aliphatic hydroxyl groups is 1. The van der Waals surface area contributed by atoms with Gasteiger partial charge in [0.25, 0.3) is 0 Å². The first-order valence-corrected chi connectivity index (χ1v) is 8.00. The standard InChI is InChI=1S/C15H16Br2N2O2/c1-8-6-18-12(9(2)15(8)21-3)5-13(20)14-11(17)4-10(16)7-19-14/h4,6-7,13,20H,5H2,1-3H3. The van der Waals surface area contributed by atoms with Crippen molar-refractivity contribution in [2.75, 3.05) is 7.11 Å². The molecule has 0 radical (unpaired) electrons. The van der Waals surface area contributed by atoms with E-state index < -0.39 is 6.10 Å². The lowest BCUT2D eigenvalue weighted by Crippen LogP contribution is -2.09. The number of aliphatic hydroxyl groups excluding tert-OH is 1. The maximum Gasteiger partial charge on any atom is 0.128 e. The summed E-state index contributed by atoms with van der Waals surface area (Å²) in [5.41, 5.74) is 3.33. The third-order valence-electron chi connectivity index (χ3n) is 3.29. The van der Waals surface area contributed by atoms with Gasteiger partial charge < -0.3 is 9.84 Å². The van der Waals surface area contributed by atoms with Crippen LogP contribution in [0.1, 0.15) is 28.6 Å². The number of hydrogen-bond acceptors (Lipinski definition) is 4. The lowest BCUT2D eigenvalue weighted by Gasteiger charge is -2.16. The second-order valence-corrected chi connectivity index (χ2v) is 6.56. The van der Waals surface area contributed by atoms with E-state index in [9.17, 15) is 5.11 Å². The zero-order valence-electron chi connectivity index (χ0n) is 12.0. The Labute approximate surface area is 140 Å². The zero-order chi connectivity index (χ0) is 15.6. The quantitative estimate of drug-likeness (QED) is 0.822. The summed E-state index contributed by atoms with van der Waals surface area (Å²) in [5.74, 6) is 0.815. The molecule has 112 valence electrons. The number of methoxy groups -OCH3 is 1. The average molecular weight is 416 g/mol. The number of nitrogens with zero attached hydrogens (tertiary/aromatic N) is 2. The molecule has 0 spiro atoms. The van der Waals surface area contributed by atoms with Crippen LogP contribution >= 0.6 is 31.9 Å². The van der Waals surface area contributed by atoms with Crippen LogP contribution in [-0.4, -0.2) is 22.2 Å². The molecule has 0 aliphatic heterocycles. The minimum absolute atomic E-state index is 0.385. The fourth-order valence-corrected chi connectivity index (χ4v) is 3.48. The number of aromatic nitrogens is 2. The number of halogens is 2. The van der Waals surface area contributed by atoms with Gasteiger partial charge in [-0.2, -0.15) is 0 Å². The molecule has 2 aromatic rings. The molecule has 0 aromatic carbocycles. The van der Waals surface area contributed by atoms with Gasteiger partial charge in [-0.05, 0) is 51.8 Å². The molecule has 0 saturated heterocycles. The molecule has 0 aliphatic rings. The van der Waals surface area contributed by atoms with Crippen molar-refractivity contribution in [1.82, 2.24) is 9.97 Å². The van der Waals surface area contributed by atoms with Gasteiger partial charge in [-0.25, -0.2) is 0 Å². The minimum Gasteiger partial charge on any atom is -0.496 e. The molecule has 2 rings (SSSR count). The number of aryl methyl sites for hydroxylation is 1. The van der Waals surface area contributed by atoms with Crippen molar-refractivity contribution in [3.8, 4) is 5.75 Å². The highest BCUT2D eigenvalue weighted by Crippen LogP contribution is 2.29. The van der Waals surface area contributed by atoms with Gasteiger partial charge in [0.05, 0.1) is 12.8 Å². The SMILES string of the molecule is COc1c(C)cnc(CC(O)c2ncc(Br)cc2Br)c1C. The van der Waals surface area contributed by atoms with Crippen LogP contribution in [0.25, 0.3) is 0 Å². The van der Waals surface area contributed by atoms with E-state index in [2.05, 4.69) is 41.8 Å². The van der Waals surface area contributed by atoms with Crippen LogP contribution in [-0.2, 0) is 6.42 Å². The number of hydrogen-bond donors (Lipinski definition) is 1. The van der Waals surface area contributed by atoms with Crippen LogP contribution in [0.5, 0.6) is 5.75 Å². The minimum atomic E-state index is -0.730. The summed E-state index contributed by atoms with van der Waals surface area (Å²) >= 11 is 6.77. The molecule has 1 unspecified atom stereocenters. The maximum absolute atomic E-state index is 10.4. The summed E-state index contributed by atoms with van der Waals surface area (Å²) < 4.78 is 7.01. The van der Waals surface area contributed by atoms with Crippen molar-refractivity contribution in [2.45, 2.75) is 26.4 Å². The lowest BCUT2D eigenvalue weighted by molar-refractivity contribution is 0.171. The van der Waals surface area contributed by atoms with Gasteiger partial charge in [-0.3, -0.25) is 9.97 Å². The average Bonchev–Trinajstić information content (AvgIpc) is 2.42. The zero-order valence-corrected chi connectivity index (χ0v) is 15.2. The fraction of sp³-hybridized carbons (Fsp3) is 0.333. The third-order valence-corrected chi connectivity index (χ3v) is 4.36. The van der Waals surface area contributed by atoms with Crippen molar-refractivity contribution in [1.29, 1.82) is 0 Å². The van der Waals surface area contributed by atoms with E-state index >= 15 is 0 Å². The molecule has 0 aliphatic carbocycles. The maximum atomic E-state index is 10.4. The number of ether oxygens (including phenoxy) is 1. The fourth-order valence-electron chi connectivity index (χ4n) is 2.23. The van der Waals surface area contributed by atoms with Crippen LogP contribution < -0.4 is 4.74 Å². The van der Waals surface area contributed by atoms with Gasteiger partial charge in [0.15, 0.2) is 0 Å². The van der Waals surface area contributed by atoms with Crippen LogP contribution in [0.15, 0.2) is 27.4 Å². The summed E-state index contributed by atoms with van der Waals surface area (Å²) in [4.78, 5) is 8.67. The normalized spacial score (nSPS) is 12.3. The molecule has 4 nitrogen and oxygen atoms in total. The third kappa shape index (κ3) is 3.62. The molecule has 21 heavy (non-hydrogen) atoms. The molecule has 1 N–H and O–H groups in total. The van der Waals surface area contributed by atoms with Crippen molar-refractivity contribution in [3.05, 3.63) is 49.9 Å². The van der Waals surface area contributed by atoms with Crippen LogP contribution in [0.4, 0.5) is 0 Å². The largest absolute Gasteiger partial charge is 0.496 e. The Balaban J connectivity index is 2.29. The Morgan fingerprint density at radius 2 is 1.95 bits per heavy atom. The summed E-state index contributed by atoms with van der Waals surface area (Å²) in [5, 5.41) is 10.4. The van der Waals surface area contributed by atoms with Gasteiger partial charge in [0, 0.05) is 44.6 Å². The highest BCUT2D eigenvalue weighted by atomic mass is 79.9. The number of pyridine rings is 2. The highest BCUT2D eigenvalue weighted by molar-refractivity contribution is 9.11. The molecule has 0 amide bonds. The van der Waals surface area contributed by atoms with E-state index in [4.69, 9.17) is 4.74 Å². The van der Waals surface area contributed by atoms with Gasteiger partial charge in [0.2, 0.25) is 0 Å². The molecule has 2 aromatic heterocycles. The Kier molecular flexibility index (Phi) is 5.35. The van der Waals surface area contributed by atoms with Gasteiger partial charge in [-0.15, -0.1) is 0 Å². The molecule has 1 atom stereocenters. The van der Waals surface area contributed by atoms with Gasteiger partial charge in [-0.1, -0.05) is 0 Å². The summed E-state index contributed by atoms with van der Waals surface area (Å²) in [6.45, 7) is 3.90. The van der Waals surface area contributed by atoms with Gasteiger partial charge in [0.1, 0.15) is 11.9 Å². The van der Waals surface area contributed by atoms with Crippen molar-refractivity contribution in [2.24, 2.45) is 0 Å². The smallest absolute Gasteiger partial charge is 0.128 e. The molecule has 0 bridgehead atoms. The van der Waals surface area contributed by atoms with Crippen molar-refractivity contribution in [3.63, 3.8) is 0 Å². The molecule has 0 fully saturated rings.